The summed E-state index contributed by atoms with van der Waals surface area (Å²) in [5.41, 5.74) is 30.1. The minimum Gasteiger partial charge on any atom is 0 e. The number of thiocarbonyl (C=S) groups is 6. The molecular weight excluding hydrogens is 1200 g/mol. The summed E-state index contributed by atoms with van der Waals surface area (Å²) in [6.07, 6.45) is 0. The van der Waals surface area contributed by atoms with Gasteiger partial charge in [-0.2, -0.15) is 0 Å². The number of nitrogens with one attached hydrogen (secondary N) is 6. The van der Waals surface area contributed by atoms with Gasteiger partial charge in [0.05, 0.1) is 0 Å². The van der Waals surface area contributed by atoms with Gasteiger partial charge in [-0.3, -0.25) is 0 Å². The summed E-state index contributed by atoms with van der Waals surface area (Å²) < 4.78 is 178. The van der Waals surface area contributed by atoms with Crippen molar-refractivity contribution in [3.63, 3.8) is 0 Å². The molecule has 0 heterocycles. The largest absolute Gasteiger partial charge is 0 e. The molecule has 40 heteroatoms. The zero-order valence-electron chi connectivity index (χ0n) is 30.7. The van der Waals surface area contributed by atoms with Crippen molar-refractivity contribution >= 4 is 127 Å². The second-order valence-corrected chi connectivity index (χ2v) is 16.6. The molecule has 0 fully saturated rings. The van der Waals surface area contributed by atoms with Crippen LogP contribution in [-0.4, -0.2) is 69.9 Å². The van der Waals surface area contributed by atoms with Gasteiger partial charge in [0.1, 0.15) is 0 Å². The topological polar surface area (TPSA) is 228 Å². The summed E-state index contributed by atoms with van der Waals surface area (Å²) in [6.45, 7) is 16.6. The SMILES string of the molecule is CCNC(N)=S.CCNC(N)=S.CCNC(N)=S.CCNC(N)=S.CCNC(N)=S.CCNC(N)=S.F[P-](F)(F)(F)(F)F.F[P-](F)(F)(F)(F)F.F[P-](F)(F)(F)(F)F.[Re]. The molecule has 0 atom stereocenters. The van der Waals surface area contributed by atoms with Crippen LogP contribution >= 0.6 is 96.7 Å². The molecule has 12 nitrogen and oxygen atoms in total. The average molecular weight is 1250 g/mol. The Labute approximate surface area is 368 Å². The zero-order valence-corrected chi connectivity index (χ0v) is 41.0. The Kier molecular flexibility index (Phi) is 42.9. The minimum atomic E-state index is -10.7. The fraction of sp³-hybridized carbons (Fsp3) is 0.667. The van der Waals surface area contributed by atoms with Crippen LogP contribution in [0.25, 0.3) is 0 Å². The van der Waals surface area contributed by atoms with Crippen molar-refractivity contribution < 1.29 is 96.0 Å². The Bertz CT molecular complexity index is 947. The number of hydrogen-bond donors (Lipinski definition) is 12. The van der Waals surface area contributed by atoms with Crippen molar-refractivity contribution in [1.29, 1.82) is 0 Å². The van der Waals surface area contributed by atoms with Crippen molar-refractivity contribution in [2.24, 2.45) is 34.4 Å². The molecule has 0 aromatic heterocycles. The van der Waals surface area contributed by atoms with E-state index in [1.54, 1.807) is 0 Å². The maximum Gasteiger partial charge on any atom is 0 e. The quantitative estimate of drug-likeness (QED) is 0.0676. The van der Waals surface area contributed by atoms with Gasteiger partial charge < -0.3 is 66.3 Å². The van der Waals surface area contributed by atoms with Crippen molar-refractivity contribution in [1.82, 2.24) is 31.9 Å². The fourth-order valence-electron chi connectivity index (χ4n) is 1.05. The van der Waals surface area contributed by atoms with Crippen LogP contribution in [0.5, 0.6) is 0 Å². The summed E-state index contributed by atoms with van der Waals surface area (Å²) in [5, 5.41) is 18.5. The second-order valence-electron chi connectivity index (χ2n) is 8.24. The monoisotopic (exact) mass is 1250 g/mol. The van der Waals surface area contributed by atoms with Crippen molar-refractivity contribution in [3.05, 3.63) is 0 Å². The van der Waals surface area contributed by atoms with Crippen LogP contribution in [0, 0.1) is 0 Å². The van der Waals surface area contributed by atoms with Crippen LogP contribution in [0.4, 0.5) is 75.5 Å². The van der Waals surface area contributed by atoms with Crippen LogP contribution in [-0.2, 0) is 20.4 Å². The van der Waals surface area contributed by atoms with Crippen LogP contribution in [0.15, 0.2) is 0 Å². The third-order valence-electron chi connectivity index (χ3n) is 2.11. The molecule has 0 rings (SSSR count). The van der Waals surface area contributed by atoms with Gasteiger partial charge in [-0.15, -0.1) is 0 Å². The smallest absolute Gasteiger partial charge is 0 e. The molecule has 0 saturated heterocycles. The maximum atomic E-state index is 9.87. The van der Waals surface area contributed by atoms with Crippen LogP contribution in [0.1, 0.15) is 41.5 Å². The van der Waals surface area contributed by atoms with E-state index in [0.29, 0.717) is 30.7 Å². The summed E-state index contributed by atoms with van der Waals surface area (Å²) in [5.74, 6) is 0. The minimum absolute atomic E-state index is 0. The number of rotatable bonds is 6. The predicted molar refractivity (Wildman–Crippen MR) is 223 cm³/mol. The molecule has 0 amide bonds. The molecule has 0 unspecified atom stereocenters. The summed E-state index contributed by atoms with van der Waals surface area (Å²) >= 11 is 26.8. The number of hydrogen-bond acceptors (Lipinski definition) is 6. The molecule has 0 aliphatic rings. The van der Waals surface area contributed by atoms with Gasteiger partial charge in [0.15, 0.2) is 30.7 Å². The fourth-order valence-corrected chi connectivity index (χ4v) is 1.91. The maximum absolute atomic E-state index is 10.7. The van der Waals surface area contributed by atoms with Gasteiger partial charge in [-0.05, 0) is 115 Å². The Morgan fingerprint density at radius 2 is 0.345 bits per heavy atom. The molecule has 0 aromatic carbocycles. The first-order valence-electron chi connectivity index (χ1n) is 13.9. The third-order valence-corrected chi connectivity index (χ3v) is 2.97. The zero-order chi connectivity index (χ0) is 49.2. The van der Waals surface area contributed by atoms with Gasteiger partial charge in [0, 0.05) is 59.7 Å². The molecule has 0 aromatic rings. The Hall–Kier alpha value is -1.17. The van der Waals surface area contributed by atoms with E-state index < -0.39 is 23.4 Å². The molecule has 58 heavy (non-hydrogen) atoms. The molecule has 0 aliphatic heterocycles. The van der Waals surface area contributed by atoms with E-state index in [4.69, 9.17) is 34.4 Å². The predicted octanol–water partition coefficient (Wildman–Crippen LogP) is 9.18. The number of halogens is 18. The van der Waals surface area contributed by atoms with Gasteiger partial charge in [-0.1, -0.05) is 0 Å². The average Bonchev–Trinajstić information content (AvgIpc) is 2.79. The molecule has 0 saturated carbocycles. The first-order valence-corrected chi connectivity index (χ1v) is 22.4. The molecule has 0 spiro atoms. The van der Waals surface area contributed by atoms with E-state index in [0.717, 1.165) is 39.3 Å². The van der Waals surface area contributed by atoms with Gasteiger partial charge in [-0.25, -0.2) is 0 Å². The Morgan fingerprint density at radius 1 is 0.293 bits per heavy atom. The third kappa shape index (κ3) is 561. The summed E-state index contributed by atoms with van der Waals surface area (Å²) in [4.78, 5) is 0. The Balaban J connectivity index is -0.0000000558. The van der Waals surface area contributed by atoms with Crippen molar-refractivity contribution in [2.45, 2.75) is 41.5 Å². The van der Waals surface area contributed by atoms with E-state index in [9.17, 15) is 75.5 Å². The van der Waals surface area contributed by atoms with Gasteiger partial charge in [0.2, 0.25) is 0 Å². The first-order chi connectivity index (χ1) is 24.0. The van der Waals surface area contributed by atoms with Crippen LogP contribution in [0.3, 0.4) is 0 Å². The van der Waals surface area contributed by atoms with Gasteiger partial charge >= 0.3 is 99.0 Å². The molecule has 0 bridgehead atoms. The summed E-state index contributed by atoms with van der Waals surface area (Å²) in [6, 6.07) is 0. The van der Waals surface area contributed by atoms with E-state index in [-0.39, 0.29) is 20.4 Å². The molecule has 18 N–H and O–H groups in total. The van der Waals surface area contributed by atoms with E-state index in [1.807, 2.05) is 41.5 Å². The first kappa shape index (κ1) is 80.8. The van der Waals surface area contributed by atoms with Crippen LogP contribution < -0.4 is 66.3 Å². The van der Waals surface area contributed by atoms with Crippen molar-refractivity contribution in [3.8, 4) is 0 Å². The number of nitrogens with two attached hydrogens (primary N) is 6. The van der Waals surface area contributed by atoms with Crippen LogP contribution in [0.2, 0.25) is 0 Å². The second kappa shape index (κ2) is 30.8. The van der Waals surface area contributed by atoms with Crippen molar-refractivity contribution in [2.75, 3.05) is 39.3 Å². The molecule has 1 radical (unpaired) electrons. The molecule has 0 aliphatic carbocycles. The standard InChI is InChI=1S/6C3H8N2S.3F6P.Re/c6*1-2-5-3(4)6;3*1-7(2,3,4,5)6;/h6*2H2,1H3,(H3,4,5,6);;;;/q;;;;;;3*-1;. The Morgan fingerprint density at radius 3 is 0.345 bits per heavy atom. The van der Waals surface area contributed by atoms with E-state index in [1.165, 1.54) is 0 Å². The molecular formula is C18H48F18N12P3ReS6-3. The molecule has 367 valence electrons. The van der Waals surface area contributed by atoms with E-state index in [2.05, 4.69) is 105 Å². The van der Waals surface area contributed by atoms with Gasteiger partial charge in [0.25, 0.3) is 0 Å². The summed E-state index contributed by atoms with van der Waals surface area (Å²) in [7, 11) is -32.0. The normalized spacial score (nSPS) is 13.0. The van der Waals surface area contributed by atoms with E-state index >= 15 is 0 Å².